The molecule has 7 heavy (non-hydrogen) atoms. The Kier molecular flexibility index (Phi) is 5.16. The number of nitrogens with one attached hydrogen (secondary N) is 1. The van der Waals surface area contributed by atoms with Crippen molar-refractivity contribution in [1.82, 2.24) is 5.32 Å². The van der Waals surface area contributed by atoms with Gasteiger partial charge in [-0.15, -0.1) is 24.2 Å². The Morgan fingerprint density at radius 3 is 2.43 bits per heavy atom. The van der Waals surface area contributed by atoms with E-state index in [2.05, 4.69) is 5.32 Å². The zero-order valence-corrected chi connectivity index (χ0v) is 5.78. The molecular formula is C4H10ClNS. The van der Waals surface area contributed by atoms with Crippen molar-refractivity contribution in [3.63, 3.8) is 0 Å². The lowest BCUT2D eigenvalue weighted by molar-refractivity contribution is 0.740. The molecule has 1 N–H and O–H groups in total. The van der Waals surface area contributed by atoms with Crippen LogP contribution in [0.2, 0.25) is 0 Å². The normalized spacial score (nSPS) is 20.6. The minimum atomic E-state index is 0. The fourth-order valence-electron chi connectivity index (χ4n) is 0.516. The topological polar surface area (TPSA) is 12.0 Å². The minimum Gasteiger partial charge on any atom is -0.308 e. The SMILES string of the molecule is C1CNCSC1.Cl. The van der Waals surface area contributed by atoms with Crippen molar-refractivity contribution in [2.45, 2.75) is 6.42 Å². The van der Waals surface area contributed by atoms with E-state index >= 15 is 0 Å². The van der Waals surface area contributed by atoms with Crippen LogP contribution in [0.1, 0.15) is 6.42 Å². The lowest BCUT2D eigenvalue weighted by Crippen LogP contribution is -2.19. The predicted molar refractivity (Wildman–Crippen MR) is 37.2 cm³/mol. The molecule has 0 bridgehead atoms. The largest absolute Gasteiger partial charge is 0.308 e. The fraction of sp³-hybridized carbons (Fsp3) is 1.00. The van der Waals surface area contributed by atoms with E-state index in [1.54, 1.807) is 0 Å². The van der Waals surface area contributed by atoms with Gasteiger partial charge in [0.15, 0.2) is 0 Å². The van der Waals surface area contributed by atoms with Gasteiger partial charge in [0.05, 0.1) is 0 Å². The number of hydrogen-bond donors (Lipinski definition) is 1. The molecule has 0 spiro atoms. The lowest BCUT2D eigenvalue weighted by Gasteiger charge is -2.08. The predicted octanol–water partition coefficient (Wildman–Crippen LogP) is 1.09. The fourth-order valence-corrected chi connectivity index (χ4v) is 1.30. The first-order valence-corrected chi connectivity index (χ1v) is 3.44. The monoisotopic (exact) mass is 139 g/mol. The average Bonchev–Trinajstić information content (AvgIpc) is 1.72. The van der Waals surface area contributed by atoms with Crippen molar-refractivity contribution in [2.75, 3.05) is 18.2 Å². The molecule has 0 saturated carbocycles. The molecule has 44 valence electrons. The number of hydrogen-bond acceptors (Lipinski definition) is 2. The molecule has 1 nitrogen and oxygen atoms in total. The zero-order chi connectivity index (χ0) is 4.24. The van der Waals surface area contributed by atoms with Crippen LogP contribution in [0.3, 0.4) is 0 Å². The van der Waals surface area contributed by atoms with Gasteiger partial charge in [-0.05, 0) is 18.7 Å². The Labute approximate surface area is 54.7 Å². The van der Waals surface area contributed by atoms with Gasteiger partial charge in [-0.3, -0.25) is 0 Å². The van der Waals surface area contributed by atoms with Crippen LogP contribution in [0.15, 0.2) is 0 Å². The second-order valence-electron chi connectivity index (χ2n) is 1.41. The molecule has 1 rings (SSSR count). The van der Waals surface area contributed by atoms with Crippen LogP contribution < -0.4 is 5.32 Å². The molecule has 1 fully saturated rings. The number of rotatable bonds is 0. The third kappa shape index (κ3) is 3.21. The summed E-state index contributed by atoms with van der Waals surface area (Å²) in [6.45, 7) is 1.23. The van der Waals surface area contributed by atoms with Crippen molar-refractivity contribution < 1.29 is 0 Å². The maximum atomic E-state index is 3.25. The summed E-state index contributed by atoms with van der Waals surface area (Å²) < 4.78 is 0. The van der Waals surface area contributed by atoms with Gasteiger partial charge in [0.25, 0.3) is 0 Å². The highest BCUT2D eigenvalue weighted by atomic mass is 35.5. The van der Waals surface area contributed by atoms with Gasteiger partial charge in [-0.2, -0.15) is 0 Å². The van der Waals surface area contributed by atoms with Crippen LogP contribution in [0.25, 0.3) is 0 Å². The molecule has 0 radical (unpaired) electrons. The third-order valence-corrected chi connectivity index (χ3v) is 1.83. The van der Waals surface area contributed by atoms with Crippen LogP contribution in [0.4, 0.5) is 0 Å². The summed E-state index contributed by atoms with van der Waals surface area (Å²) in [7, 11) is 0. The molecule has 3 heteroatoms. The van der Waals surface area contributed by atoms with Crippen molar-refractivity contribution in [3.8, 4) is 0 Å². The van der Waals surface area contributed by atoms with E-state index in [9.17, 15) is 0 Å². The maximum absolute atomic E-state index is 3.25. The standard InChI is InChI=1S/C4H9NS.ClH/c1-2-5-4-6-3-1;/h5H,1-4H2;1H. The summed E-state index contributed by atoms with van der Waals surface area (Å²) in [5, 5.41) is 3.25. The highest BCUT2D eigenvalue weighted by Gasteiger charge is 1.93. The van der Waals surface area contributed by atoms with E-state index in [0.717, 1.165) is 0 Å². The lowest BCUT2D eigenvalue weighted by atomic mass is 10.5. The number of halogens is 1. The van der Waals surface area contributed by atoms with Crippen molar-refractivity contribution in [1.29, 1.82) is 0 Å². The molecule has 0 aromatic rings. The van der Waals surface area contributed by atoms with Gasteiger partial charge in [-0.1, -0.05) is 0 Å². The summed E-state index contributed by atoms with van der Waals surface area (Å²) in [5.74, 6) is 2.52. The van der Waals surface area contributed by atoms with Crippen LogP contribution in [0, 0.1) is 0 Å². The second kappa shape index (κ2) is 4.75. The van der Waals surface area contributed by atoms with Crippen LogP contribution >= 0.6 is 24.2 Å². The molecule has 0 amide bonds. The van der Waals surface area contributed by atoms with Crippen molar-refractivity contribution in [3.05, 3.63) is 0 Å². The van der Waals surface area contributed by atoms with Gasteiger partial charge in [0.1, 0.15) is 0 Å². The molecule has 0 aromatic heterocycles. The molecule has 0 aromatic carbocycles. The summed E-state index contributed by atoms with van der Waals surface area (Å²) in [6, 6.07) is 0. The summed E-state index contributed by atoms with van der Waals surface area (Å²) in [6.07, 6.45) is 1.35. The highest BCUT2D eigenvalue weighted by molar-refractivity contribution is 7.99. The van der Waals surface area contributed by atoms with Crippen molar-refractivity contribution in [2.24, 2.45) is 0 Å². The summed E-state index contributed by atoms with van der Waals surface area (Å²) in [4.78, 5) is 0. The molecule has 0 aliphatic carbocycles. The van der Waals surface area contributed by atoms with E-state index in [-0.39, 0.29) is 12.4 Å². The summed E-state index contributed by atoms with van der Waals surface area (Å²) >= 11 is 1.98. The molecule has 1 saturated heterocycles. The van der Waals surface area contributed by atoms with Gasteiger partial charge in [-0.25, -0.2) is 0 Å². The van der Waals surface area contributed by atoms with Gasteiger partial charge >= 0.3 is 0 Å². The Bertz CT molecular complexity index is 27.2. The molecule has 0 unspecified atom stereocenters. The van der Waals surface area contributed by atoms with Gasteiger partial charge in [0.2, 0.25) is 0 Å². The zero-order valence-electron chi connectivity index (χ0n) is 4.14. The first kappa shape index (κ1) is 7.60. The van der Waals surface area contributed by atoms with E-state index in [0.29, 0.717) is 0 Å². The van der Waals surface area contributed by atoms with Crippen molar-refractivity contribution >= 4 is 24.2 Å². The molecular weight excluding hydrogens is 130 g/mol. The average molecular weight is 140 g/mol. The van der Waals surface area contributed by atoms with E-state index < -0.39 is 0 Å². The Hall–Kier alpha value is 0.600. The van der Waals surface area contributed by atoms with E-state index in [1.165, 1.54) is 24.6 Å². The smallest absolute Gasteiger partial charge is 0.0417 e. The van der Waals surface area contributed by atoms with Gasteiger partial charge < -0.3 is 5.32 Å². The molecule has 1 heterocycles. The van der Waals surface area contributed by atoms with E-state index in [1.807, 2.05) is 11.8 Å². The van der Waals surface area contributed by atoms with Crippen LogP contribution in [-0.2, 0) is 0 Å². The quantitative estimate of drug-likeness (QED) is 0.540. The second-order valence-corrected chi connectivity index (χ2v) is 2.51. The third-order valence-electron chi connectivity index (χ3n) is 0.846. The summed E-state index contributed by atoms with van der Waals surface area (Å²) in [5.41, 5.74) is 0. The van der Waals surface area contributed by atoms with E-state index in [4.69, 9.17) is 0 Å². The van der Waals surface area contributed by atoms with Crippen LogP contribution in [-0.4, -0.2) is 18.2 Å². The first-order chi connectivity index (χ1) is 3.00. The maximum Gasteiger partial charge on any atom is 0.0417 e. The number of thioether (sulfide) groups is 1. The Morgan fingerprint density at radius 1 is 1.43 bits per heavy atom. The van der Waals surface area contributed by atoms with Gasteiger partial charge in [0, 0.05) is 5.88 Å². The molecule has 1 aliphatic heterocycles. The minimum absolute atomic E-state index is 0. The van der Waals surface area contributed by atoms with Crippen LogP contribution in [0.5, 0.6) is 0 Å². The highest BCUT2D eigenvalue weighted by Crippen LogP contribution is 2.02. The molecule has 0 atom stereocenters. The Morgan fingerprint density at radius 2 is 2.29 bits per heavy atom. The molecule has 1 aliphatic rings. The Balaban J connectivity index is 0.000000360. The first-order valence-electron chi connectivity index (χ1n) is 2.28.